The molecule has 464 valence electrons. The summed E-state index contributed by atoms with van der Waals surface area (Å²) in [6.45, 7) is 1.35. The summed E-state index contributed by atoms with van der Waals surface area (Å²) in [5.74, 6) is 15.2. The van der Waals surface area contributed by atoms with Gasteiger partial charge < -0.3 is 70.9 Å². The van der Waals surface area contributed by atoms with Crippen LogP contribution in [0, 0.1) is 53.3 Å². The molecule has 0 radical (unpaired) electrons. The van der Waals surface area contributed by atoms with Crippen LogP contribution >= 0.6 is 21.6 Å². The van der Waals surface area contributed by atoms with Crippen molar-refractivity contribution in [3.63, 3.8) is 0 Å². The minimum absolute atomic E-state index is 0.0421. The number of aliphatic hydroxyl groups is 3. The Morgan fingerprint density at radius 2 is 1.83 bits per heavy atom. The Bertz CT molecular complexity index is 3520. The molecule has 17 heteroatoms. The fourth-order valence-corrected chi connectivity index (χ4v) is 19.5. The van der Waals surface area contributed by atoms with Crippen LogP contribution in [0.4, 0.5) is 0 Å². The number of nitrogens with one attached hydrogen (secondary N) is 3. The fourth-order valence-electron chi connectivity index (χ4n) is 16.3. The third-order valence-electron chi connectivity index (χ3n) is 20.2. The molecular formula is C71H82N4O11S2. The van der Waals surface area contributed by atoms with Crippen molar-refractivity contribution in [3.05, 3.63) is 129 Å². The lowest BCUT2D eigenvalue weighted by Crippen LogP contribution is -2.52. The molecule has 0 amide bonds. The van der Waals surface area contributed by atoms with E-state index < -0.39 is 48.4 Å². The van der Waals surface area contributed by atoms with Crippen molar-refractivity contribution in [2.75, 3.05) is 52.6 Å². The SMILES string of the molecule is COCC1C(CCCO)C#CC2C#CC3=C(C=CC(N)N3)CC3CCC4(Cc5cc(O)cc(OCO)c5-c5ccc6c(c54)OC(c4c5c(c(O)c(c42)CNCC1CO)OC1C(C=C5)NC2CCCC(CSSC1Cc1ccccc1)C2)C6COC(C)=O)C3. The van der Waals surface area contributed by atoms with Crippen LogP contribution in [-0.2, 0) is 39.1 Å². The van der Waals surface area contributed by atoms with E-state index in [1.807, 2.05) is 39.8 Å². The number of rotatable bonds is 12. The molecule has 4 aromatic carbocycles. The first-order valence-corrected chi connectivity index (χ1v) is 34.1. The van der Waals surface area contributed by atoms with Crippen molar-refractivity contribution in [3.8, 4) is 63.6 Å². The second kappa shape index (κ2) is 26.4. The van der Waals surface area contributed by atoms with Crippen molar-refractivity contribution < 1.29 is 54.0 Å². The number of methoxy groups -OCH3 is 1. The van der Waals surface area contributed by atoms with E-state index in [0.29, 0.717) is 96.4 Å². The Morgan fingerprint density at radius 1 is 0.955 bits per heavy atom. The van der Waals surface area contributed by atoms with Gasteiger partial charge in [-0.05, 0) is 128 Å². The van der Waals surface area contributed by atoms with Crippen molar-refractivity contribution in [2.45, 2.75) is 143 Å². The first kappa shape index (κ1) is 60.8. The van der Waals surface area contributed by atoms with Crippen molar-refractivity contribution in [1.29, 1.82) is 0 Å². The number of aromatic hydroxyl groups is 2. The number of fused-ring (bicyclic) bond motifs is 10. The van der Waals surface area contributed by atoms with Crippen LogP contribution in [0.15, 0.2) is 84.1 Å². The average Bonchev–Trinajstić information content (AvgIpc) is 1.49. The van der Waals surface area contributed by atoms with E-state index in [1.54, 1.807) is 13.2 Å². The third kappa shape index (κ3) is 12.0. The van der Waals surface area contributed by atoms with Gasteiger partial charge in [0.15, 0.2) is 18.3 Å². The van der Waals surface area contributed by atoms with Crippen LogP contribution < -0.4 is 35.9 Å². The van der Waals surface area contributed by atoms with E-state index >= 15 is 0 Å². The second-order valence-corrected chi connectivity index (χ2v) is 28.5. The summed E-state index contributed by atoms with van der Waals surface area (Å²) < 4.78 is 33.9. The predicted octanol–water partition coefficient (Wildman–Crippen LogP) is 9.32. The molecular weight excluding hydrogens is 1150 g/mol. The molecule has 6 bridgehead atoms. The van der Waals surface area contributed by atoms with Gasteiger partial charge >= 0.3 is 5.97 Å². The number of carbonyl (C=O) groups is 1. The summed E-state index contributed by atoms with van der Waals surface area (Å²) in [5, 5.41) is 68.5. The number of allylic oxidation sites excluding steroid dienone is 3. The zero-order valence-electron chi connectivity index (χ0n) is 50.2. The highest BCUT2D eigenvalue weighted by Gasteiger charge is 2.52. The highest BCUT2D eigenvalue weighted by atomic mass is 33.1. The molecule has 6 aliphatic heterocycles. The molecule has 6 heterocycles. The number of phenols is 2. The Balaban J connectivity index is 1.11. The van der Waals surface area contributed by atoms with E-state index in [9.17, 15) is 30.3 Å². The standard InChI is InChI=1S/C71H82N4O11S2/c1-40(79)83-37-56-51-17-18-52-62-47(29-50(80)30-59(62)84-39-78)32-71-24-23-42(31-71)26-46-16-22-61(72)75-57(46)20-15-45-14-13-44(11-7-25-76)55(36-82-2)48(35-77)33-73-34-54-63(45)64(67(56)85-68(51)65(52)71)53-19-21-58-70(86-69(53)66(54)81)60(28-41-8-4-3-5-9-41)88-87-38-43-10-6-12-49(27-43)74-58/h3-5,8-9,16-19,21-22,29-30,42-45,48-49,55-56,58,60-61,67,70,73-78,80-81H,6-7,10-12,23-28,31-39,72H2,1-2H3. The molecule has 1 spiro atoms. The minimum Gasteiger partial charge on any atom is -0.508 e. The summed E-state index contributed by atoms with van der Waals surface area (Å²) >= 11 is 0. The smallest absolute Gasteiger partial charge is 0.302 e. The van der Waals surface area contributed by atoms with E-state index in [0.717, 1.165) is 77.7 Å². The topological polar surface area (TPSA) is 226 Å². The van der Waals surface area contributed by atoms with Gasteiger partial charge in [-0.2, -0.15) is 0 Å². The number of ether oxygens (including phenoxy) is 5. The number of aliphatic hydroxyl groups excluding tert-OH is 3. The Morgan fingerprint density at radius 3 is 2.65 bits per heavy atom. The molecule has 0 aromatic heterocycles. The van der Waals surface area contributed by atoms with Gasteiger partial charge in [0.2, 0.25) is 0 Å². The van der Waals surface area contributed by atoms with Crippen LogP contribution in [0.1, 0.15) is 134 Å². The summed E-state index contributed by atoms with van der Waals surface area (Å²) in [4.78, 5) is 13.4. The fraction of sp³-hybridized carbons (Fsp3) is 0.507. The normalized spacial score (nSPS) is 30.7. The maximum absolute atomic E-state index is 13.8. The largest absolute Gasteiger partial charge is 0.508 e. The van der Waals surface area contributed by atoms with Crippen LogP contribution in [0.3, 0.4) is 0 Å². The molecule has 1 saturated heterocycles. The molecule has 2 saturated carbocycles. The second-order valence-electron chi connectivity index (χ2n) is 25.8. The van der Waals surface area contributed by atoms with Crippen molar-refractivity contribution in [2.24, 2.45) is 35.3 Å². The molecule has 3 fully saturated rings. The molecule has 3 aliphatic carbocycles. The van der Waals surface area contributed by atoms with Crippen LogP contribution in [0.5, 0.6) is 28.7 Å². The van der Waals surface area contributed by atoms with Gasteiger partial charge in [0, 0.05) is 115 Å². The average molecular weight is 1230 g/mol. The van der Waals surface area contributed by atoms with Crippen LogP contribution in [0.2, 0.25) is 0 Å². The van der Waals surface area contributed by atoms with E-state index in [4.69, 9.17) is 29.4 Å². The molecule has 14 atom stereocenters. The number of nitrogens with two attached hydrogens (primary N) is 1. The summed E-state index contributed by atoms with van der Waals surface area (Å²) in [6.07, 6.45) is 16.4. The number of hydrogen-bond donors (Lipinski definition) is 9. The van der Waals surface area contributed by atoms with Crippen LogP contribution in [0.25, 0.3) is 17.2 Å². The molecule has 14 unspecified atom stereocenters. The maximum Gasteiger partial charge on any atom is 0.302 e. The number of benzene rings is 4. The molecule has 13 rings (SSSR count). The first-order chi connectivity index (χ1) is 42.9. The first-order valence-electron chi connectivity index (χ1n) is 31.7. The molecule has 9 aliphatic rings. The van der Waals surface area contributed by atoms with Gasteiger partial charge in [-0.25, -0.2) is 0 Å². The lowest BCUT2D eigenvalue weighted by Gasteiger charge is -2.39. The van der Waals surface area contributed by atoms with E-state index in [2.05, 4.69) is 94.3 Å². The molecule has 10 N–H and O–H groups in total. The monoisotopic (exact) mass is 1230 g/mol. The highest BCUT2D eigenvalue weighted by molar-refractivity contribution is 8.77. The lowest BCUT2D eigenvalue weighted by molar-refractivity contribution is -0.141. The zero-order chi connectivity index (χ0) is 60.6. The van der Waals surface area contributed by atoms with Crippen LogP contribution in [-0.4, -0.2) is 114 Å². The quantitative estimate of drug-likeness (QED) is 0.0279. The predicted molar refractivity (Wildman–Crippen MR) is 343 cm³/mol. The maximum atomic E-state index is 13.8. The van der Waals surface area contributed by atoms with Gasteiger partial charge in [-0.3, -0.25) is 4.79 Å². The summed E-state index contributed by atoms with van der Waals surface area (Å²) in [7, 11) is 5.46. The molecule has 88 heavy (non-hydrogen) atoms. The number of dihydropyridines is 1. The number of phenolic OH excluding ortho intramolecular Hbond substituents is 2. The zero-order valence-corrected chi connectivity index (χ0v) is 51.9. The summed E-state index contributed by atoms with van der Waals surface area (Å²) in [6, 6.07) is 18.1. The lowest BCUT2D eigenvalue weighted by atomic mass is 9.65. The summed E-state index contributed by atoms with van der Waals surface area (Å²) in [5.41, 5.74) is 16.0. The third-order valence-corrected chi connectivity index (χ3v) is 23.2. The minimum atomic E-state index is -0.917. The Kier molecular flexibility index (Phi) is 18.2. The van der Waals surface area contributed by atoms with Gasteiger partial charge in [-0.15, -0.1) is 0 Å². The Labute approximate surface area is 524 Å². The van der Waals surface area contributed by atoms with Gasteiger partial charge in [0.25, 0.3) is 0 Å². The van der Waals surface area contributed by atoms with E-state index in [-0.39, 0.29) is 78.9 Å². The highest BCUT2D eigenvalue weighted by Crippen LogP contribution is 2.64. The number of carbonyl (C=O) groups excluding carboxylic acids is 1. The number of esters is 1. The van der Waals surface area contributed by atoms with E-state index in [1.165, 1.54) is 18.9 Å². The van der Waals surface area contributed by atoms with Crippen molar-refractivity contribution >= 4 is 33.6 Å². The molecule has 4 aromatic rings. The Hall–Kier alpha value is -6.09. The van der Waals surface area contributed by atoms with Gasteiger partial charge in [0.1, 0.15) is 42.0 Å². The molecule has 15 nitrogen and oxygen atoms in total. The van der Waals surface area contributed by atoms with Gasteiger partial charge in [-0.1, -0.05) is 106 Å². The van der Waals surface area contributed by atoms with Gasteiger partial charge in [0.05, 0.1) is 35.7 Å². The van der Waals surface area contributed by atoms with Crippen molar-refractivity contribution in [1.82, 2.24) is 16.0 Å². The number of hydrogen-bond acceptors (Lipinski definition) is 17.